The maximum atomic E-state index is 12.8. The monoisotopic (exact) mass is 277 g/mol. The molecule has 0 unspecified atom stereocenters. The van der Waals surface area contributed by atoms with Crippen LogP contribution in [0.5, 0.6) is 0 Å². The molecule has 0 amide bonds. The van der Waals surface area contributed by atoms with Gasteiger partial charge in [-0.1, -0.05) is 28.1 Å². The highest BCUT2D eigenvalue weighted by Crippen LogP contribution is 2.17. The highest BCUT2D eigenvalue weighted by Gasteiger charge is 2.00. The first-order chi connectivity index (χ1) is 6.74. The zero-order valence-corrected chi connectivity index (χ0v) is 9.58. The molecule has 1 aromatic rings. The van der Waals surface area contributed by atoms with E-state index in [9.17, 15) is 4.39 Å². The fraction of sp³-hybridized carbons (Fsp3) is 0.125. The molecule has 0 saturated carbocycles. The zero-order chi connectivity index (χ0) is 10.4. The highest BCUT2D eigenvalue weighted by molar-refractivity contribution is 9.10. The first kappa shape index (κ1) is 11.5. The summed E-state index contributed by atoms with van der Waals surface area (Å²) < 4.78 is 13.7. The summed E-state index contributed by atoms with van der Waals surface area (Å²) in [5.74, 6) is -0.257. The Morgan fingerprint density at radius 3 is 3.00 bits per heavy atom. The van der Waals surface area contributed by atoms with Crippen LogP contribution >= 0.6 is 28.1 Å². The van der Waals surface area contributed by atoms with Gasteiger partial charge in [-0.2, -0.15) is 5.53 Å². The van der Waals surface area contributed by atoms with Gasteiger partial charge in [-0.3, -0.25) is 0 Å². The molecule has 0 aliphatic rings. The summed E-state index contributed by atoms with van der Waals surface area (Å²) in [4.78, 5) is 0. The van der Waals surface area contributed by atoms with E-state index in [1.54, 1.807) is 6.07 Å². The summed E-state index contributed by atoms with van der Waals surface area (Å²) in [7, 11) is 0. The van der Waals surface area contributed by atoms with Crippen molar-refractivity contribution in [1.29, 1.82) is 0 Å². The van der Waals surface area contributed by atoms with Crippen LogP contribution in [0.2, 0.25) is 0 Å². The summed E-state index contributed by atoms with van der Waals surface area (Å²) in [5, 5.41) is 0. The summed E-state index contributed by atoms with van der Waals surface area (Å²) in [6, 6.07) is 4.52. The molecule has 0 spiro atoms. The second-order valence-corrected chi connectivity index (χ2v) is 3.57. The summed E-state index contributed by atoms with van der Waals surface area (Å²) >= 11 is 7.84. The van der Waals surface area contributed by atoms with Crippen LogP contribution in [-0.4, -0.2) is 5.49 Å². The standard InChI is InChI=1S/C8H9BrFN3S/c9-8-2-1-7(10)3-6(8)4-11-13-12-5-14/h1-3,5,11,13H,4H2,(H,12,14). The molecule has 14 heavy (non-hydrogen) atoms. The third kappa shape index (κ3) is 3.67. The molecule has 0 aromatic heterocycles. The molecule has 0 aliphatic carbocycles. The Balaban J connectivity index is 2.49. The summed E-state index contributed by atoms with van der Waals surface area (Å²) in [5.41, 5.74) is 10.2. The molecule has 6 heteroatoms. The van der Waals surface area contributed by atoms with E-state index >= 15 is 0 Å². The molecule has 3 nitrogen and oxygen atoms in total. The molecule has 0 saturated heterocycles. The van der Waals surface area contributed by atoms with Crippen molar-refractivity contribution in [2.75, 3.05) is 0 Å². The van der Waals surface area contributed by atoms with Gasteiger partial charge in [0, 0.05) is 11.0 Å². The number of hydrogen-bond donors (Lipinski definition) is 3. The van der Waals surface area contributed by atoms with Gasteiger partial charge in [0.25, 0.3) is 0 Å². The van der Waals surface area contributed by atoms with E-state index in [1.165, 1.54) is 17.6 Å². The quantitative estimate of drug-likeness (QED) is 0.435. The molecule has 0 radical (unpaired) electrons. The topological polar surface area (TPSA) is 36.1 Å². The molecule has 0 aliphatic heterocycles. The van der Waals surface area contributed by atoms with Gasteiger partial charge in [-0.15, -0.1) is 0 Å². The van der Waals surface area contributed by atoms with Gasteiger partial charge >= 0.3 is 0 Å². The minimum absolute atomic E-state index is 0.257. The molecule has 1 aromatic carbocycles. The van der Waals surface area contributed by atoms with Crippen molar-refractivity contribution < 1.29 is 4.39 Å². The Hall–Kier alpha value is -0.560. The van der Waals surface area contributed by atoms with Crippen LogP contribution in [0, 0.1) is 5.82 Å². The van der Waals surface area contributed by atoms with Gasteiger partial charge in [-0.25, -0.2) is 9.82 Å². The molecule has 0 fully saturated rings. The van der Waals surface area contributed by atoms with Gasteiger partial charge in [0.15, 0.2) is 0 Å². The minimum atomic E-state index is -0.257. The van der Waals surface area contributed by atoms with Crippen molar-refractivity contribution in [2.24, 2.45) is 0 Å². The van der Waals surface area contributed by atoms with E-state index in [2.05, 4.69) is 44.5 Å². The second-order valence-electron chi connectivity index (χ2n) is 2.48. The molecule has 3 N–H and O–H groups in total. The van der Waals surface area contributed by atoms with Crippen molar-refractivity contribution in [3.05, 3.63) is 34.1 Å². The van der Waals surface area contributed by atoms with Crippen LogP contribution in [-0.2, 0) is 6.54 Å². The molecular weight excluding hydrogens is 269 g/mol. The lowest BCUT2D eigenvalue weighted by molar-refractivity contribution is 0.506. The van der Waals surface area contributed by atoms with Crippen LogP contribution in [0.1, 0.15) is 5.56 Å². The third-order valence-corrected chi connectivity index (χ3v) is 2.40. The van der Waals surface area contributed by atoms with Crippen molar-refractivity contribution in [1.82, 2.24) is 16.4 Å². The molecule has 76 valence electrons. The SMILES string of the molecule is Fc1ccc(Br)c(CNNNC=S)c1. The van der Waals surface area contributed by atoms with E-state index in [0.717, 1.165) is 10.0 Å². The first-order valence-electron chi connectivity index (χ1n) is 3.85. The van der Waals surface area contributed by atoms with E-state index in [1.807, 2.05) is 0 Å². The van der Waals surface area contributed by atoms with E-state index < -0.39 is 0 Å². The summed E-state index contributed by atoms with van der Waals surface area (Å²) in [6.45, 7) is 0.481. The van der Waals surface area contributed by atoms with Crippen LogP contribution in [0.25, 0.3) is 0 Å². The Labute approximate surface area is 95.1 Å². The fourth-order valence-electron chi connectivity index (χ4n) is 0.899. The predicted octanol–water partition coefficient (Wildman–Crippen LogP) is 1.64. The Bertz CT molecular complexity index is 321. The zero-order valence-electron chi connectivity index (χ0n) is 7.18. The van der Waals surface area contributed by atoms with Gasteiger partial charge in [-0.05, 0) is 23.8 Å². The van der Waals surface area contributed by atoms with Gasteiger partial charge in [0.2, 0.25) is 0 Å². The Morgan fingerprint density at radius 1 is 1.50 bits per heavy atom. The molecule has 0 atom stereocenters. The van der Waals surface area contributed by atoms with Crippen LogP contribution < -0.4 is 16.4 Å². The van der Waals surface area contributed by atoms with Crippen LogP contribution in [0.15, 0.2) is 22.7 Å². The number of rotatable bonds is 5. The van der Waals surface area contributed by atoms with E-state index in [4.69, 9.17) is 0 Å². The Kier molecular flexibility index (Phi) is 4.95. The highest BCUT2D eigenvalue weighted by atomic mass is 79.9. The number of hydrogen-bond acceptors (Lipinski definition) is 3. The minimum Gasteiger partial charge on any atom is -0.305 e. The fourth-order valence-corrected chi connectivity index (χ4v) is 1.34. The number of hydrazine groups is 2. The number of halogens is 2. The van der Waals surface area contributed by atoms with Crippen LogP contribution in [0.3, 0.4) is 0 Å². The molecule has 0 heterocycles. The lowest BCUT2D eigenvalue weighted by atomic mass is 10.2. The lowest BCUT2D eigenvalue weighted by Crippen LogP contribution is -2.41. The molecular formula is C8H9BrFN3S. The number of benzene rings is 1. The van der Waals surface area contributed by atoms with E-state index in [0.29, 0.717) is 6.54 Å². The molecule has 1 rings (SSSR count). The predicted molar refractivity (Wildman–Crippen MR) is 60.9 cm³/mol. The maximum Gasteiger partial charge on any atom is 0.123 e. The number of nitrogens with one attached hydrogen (secondary N) is 3. The Morgan fingerprint density at radius 2 is 2.29 bits per heavy atom. The normalized spacial score (nSPS) is 9.86. The van der Waals surface area contributed by atoms with Crippen molar-refractivity contribution in [3.8, 4) is 0 Å². The largest absolute Gasteiger partial charge is 0.305 e. The average molecular weight is 278 g/mol. The van der Waals surface area contributed by atoms with Crippen molar-refractivity contribution >= 4 is 33.6 Å². The summed E-state index contributed by atoms with van der Waals surface area (Å²) in [6.07, 6.45) is 0. The smallest absolute Gasteiger partial charge is 0.123 e. The molecule has 0 bridgehead atoms. The number of thiocarbonyl (C=S) groups is 1. The average Bonchev–Trinajstić information content (AvgIpc) is 2.18. The third-order valence-electron chi connectivity index (χ3n) is 1.51. The van der Waals surface area contributed by atoms with E-state index in [-0.39, 0.29) is 5.82 Å². The van der Waals surface area contributed by atoms with Gasteiger partial charge < -0.3 is 5.43 Å². The maximum absolute atomic E-state index is 12.8. The first-order valence-corrected chi connectivity index (χ1v) is 5.11. The van der Waals surface area contributed by atoms with Crippen molar-refractivity contribution in [2.45, 2.75) is 6.54 Å². The van der Waals surface area contributed by atoms with Crippen molar-refractivity contribution in [3.63, 3.8) is 0 Å². The second kappa shape index (κ2) is 6.02. The lowest BCUT2D eigenvalue weighted by Gasteiger charge is -2.07. The van der Waals surface area contributed by atoms with Crippen LogP contribution in [0.4, 0.5) is 4.39 Å². The van der Waals surface area contributed by atoms with Gasteiger partial charge in [0.05, 0.1) is 5.49 Å². The van der Waals surface area contributed by atoms with Gasteiger partial charge in [0.1, 0.15) is 5.82 Å².